The molecule has 0 aliphatic rings. The van der Waals surface area contributed by atoms with Gasteiger partial charge in [-0.15, -0.1) is 4.66 Å². The van der Waals surface area contributed by atoms with Crippen LogP contribution >= 0.6 is 0 Å². The van der Waals surface area contributed by atoms with Gasteiger partial charge in [-0.3, -0.25) is 0 Å². The van der Waals surface area contributed by atoms with Gasteiger partial charge >= 0.3 is 11.3 Å². The summed E-state index contributed by atoms with van der Waals surface area (Å²) in [6.45, 7) is 0. The van der Waals surface area contributed by atoms with E-state index < -0.39 is 0 Å². The van der Waals surface area contributed by atoms with Gasteiger partial charge < -0.3 is 4.66 Å². The molecule has 0 saturated carbocycles. The third kappa shape index (κ3) is 15.3. The maximum Gasteiger partial charge on any atom is 0.327 e. The van der Waals surface area contributed by atoms with E-state index in [0.29, 0.717) is 0 Å². The fourth-order valence-electron chi connectivity index (χ4n) is 0. The van der Waals surface area contributed by atoms with E-state index in [2.05, 4.69) is 0 Å². The van der Waals surface area contributed by atoms with Crippen molar-refractivity contribution in [3.8, 4) is 0 Å². The summed E-state index contributed by atoms with van der Waals surface area (Å²) in [5, 5.41) is 0. The van der Waals surface area contributed by atoms with Crippen molar-refractivity contribution in [3.05, 3.63) is 0 Å². The molecule has 0 bridgehead atoms. The zero-order valence-corrected chi connectivity index (χ0v) is 3.45. The van der Waals surface area contributed by atoms with E-state index in [1.165, 1.54) is 0 Å². The zero-order chi connectivity index (χ0) is 2.71. The first kappa shape index (κ1) is 8.83. The van der Waals surface area contributed by atoms with Gasteiger partial charge in [-0.25, -0.2) is 0 Å². The van der Waals surface area contributed by atoms with Crippen molar-refractivity contribution in [2.75, 3.05) is 0 Å². The largest absolute Gasteiger partial charge is 0.506 e. The predicted molar refractivity (Wildman–Crippen MR) is 2.22 cm³/mol. The molecule has 0 unspecified atom stereocenters. The van der Waals surface area contributed by atoms with Crippen LogP contribution in [0.1, 0.15) is 0 Å². The van der Waals surface area contributed by atoms with Crippen molar-refractivity contribution in [2.45, 2.75) is 0 Å². The molecule has 4 heavy (non-hydrogen) atoms. The minimum absolute atomic E-state index is 0. The van der Waals surface area contributed by atoms with Crippen molar-refractivity contribution in [2.24, 2.45) is 0 Å². The summed E-state index contributed by atoms with van der Waals surface area (Å²) < 4.78 is 15.2. The van der Waals surface area contributed by atoms with Crippen LogP contribution in [0.3, 0.4) is 0 Å². The van der Waals surface area contributed by atoms with Crippen LogP contribution < -0.4 is 4.66 Å². The molecule has 0 fully saturated rings. The number of rotatable bonds is 0. The van der Waals surface area contributed by atoms with E-state index in [4.69, 9.17) is 9.32 Å². The molecule has 0 heterocycles. The van der Waals surface area contributed by atoms with E-state index in [9.17, 15) is 0 Å². The van der Waals surface area contributed by atoms with Gasteiger partial charge in [-0.05, 0) is 0 Å². The summed E-state index contributed by atoms with van der Waals surface area (Å²) in [5.74, 6) is 0. The second-order valence-corrected chi connectivity index (χ2v) is 0.207. The Morgan fingerprint density at radius 2 is 1.75 bits per heavy atom. The Morgan fingerprint density at radius 1 is 1.75 bits per heavy atom. The molecule has 0 rings (SSSR count). The molecule has 1 N–H and O–H groups in total. The topological polar surface area (TPSA) is 43.3 Å². The third-order valence-electron chi connectivity index (χ3n) is 0. The first-order chi connectivity index (χ1) is 1.41. The third-order valence-corrected chi connectivity index (χ3v) is 0. The number of hydrogen-bond donors (Lipinski definition) is 1. The van der Waals surface area contributed by atoms with Crippen LogP contribution in [-0.2, 0) is 17.1 Å². The fourth-order valence-corrected chi connectivity index (χ4v) is 0. The summed E-state index contributed by atoms with van der Waals surface area (Å²) >= 11 is -0.167. The quantitative estimate of drug-likeness (QED) is 0.389. The molecule has 0 saturated heterocycles. The summed E-state index contributed by atoms with van der Waals surface area (Å²) in [4.78, 5) is 0. The van der Waals surface area contributed by atoms with Gasteiger partial charge in [-0.2, -0.15) is 0 Å². The molecule has 0 aromatic carbocycles. The average Bonchev–Trinajstić information content (AvgIpc) is 0.918. The molecular weight excluding hydrogens is 123 g/mol. The zero-order valence-electron chi connectivity index (χ0n) is 1.59. The molecule has 0 atom stereocenters. The SMILES string of the molecule is [Fe].[O-][Cl+]O. The van der Waals surface area contributed by atoms with Gasteiger partial charge in [0, 0.05) is 17.1 Å². The van der Waals surface area contributed by atoms with Crippen molar-refractivity contribution in [3.63, 3.8) is 0 Å². The molecule has 28 valence electrons. The minimum Gasteiger partial charge on any atom is -0.506 e. The maximum atomic E-state index is 8.35. The summed E-state index contributed by atoms with van der Waals surface area (Å²) in [5.41, 5.74) is 0. The molecule has 2 nitrogen and oxygen atoms in total. The standard InChI is InChI=1S/ClHO2.Fe/c2-1-3;/h2H;. The smallest absolute Gasteiger partial charge is 0.327 e. The number of hydrogen-bond acceptors (Lipinski definition) is 2. The monoisotopic (exact) mass is 124 g/mol. The molecule has 0 aliphatic heterocycles. The number of halogens is 1. The molecule has 0 aromatic rings. The van der Waals surface area contributed by atoms with E-state index in [1.807, 2.05) is 0 Å². The molecule has 4 heteroatoms. The van der Waals surface area contributed by atoms with Crippen molar-refractivity contribution in [1.82, 2.24) is 0 Å². The van der Waals surface area contributed by atoms with Gasteiger partial charge in [0.1, 0.15) is 0 Å². The molecule has 0 radical (unpaired) electrons. The molecular formula is HClFeO2. The second kappa shape index (κ2) is 9.29. The average molecular weight is 124 g/mol. The van der Waals surface area contributed by atoms with Crippen LogP contribution in [0, 0.1) is 11.3 Å². The van der Waals surface area contributed by atoms with Crippen molar-refractivity contribution >= 4 is 0 Å². The Labute approximate surface area is 38.4 Å². The fraction of sp³-hybridized carbons (Fsp3) is 0. The first-order valence-corrected chi connectivity index (χ1v) is 0.970. The van der Waals surface area contributed by atoms with Gasteiger partial charge in [0.25, 0.3) is 0 Å². The minimum atomic E-state index is -0.167. The Balaban J connectivity index is 0. The van der Waals surface area contributed by atoms with E-state index in [1.54, 1.807) is 0 Å². The van der Waals surface area contributed by atoms with Gasteiger partial charge in [0.15, 0.2) is 0 Å². The van der Waals surface area contributed by atoms with Crippen LogP contribution in [0.5, 0.6) is 0 Å². The normalized spacial score (nSPS) is 4.50. The molecule has 0 spiro atoms. The predicted octanol–water partition coefficient (Wildman–Crippen LogP) is -1.75. The Bertz CT molecular complexity index is 6.00. The van der Waals surface area contributed by atoms with E-state index in [0.717, 1.165) is 0 Å². The second-order valence-electron chi connectivity index (χ2n) is 0.0690. The van der Waals surface area contributed by atoms with Crippen molar-refractivity contribution in [1.29, 1.82) is 0 Å². The van der Waals surface area contributed by atoms with E-state index in [-0.39, 0.29) is 28.4 Å². The Kier molecular flexibility index (Phi) is 20.5. The van der Waals surface area contributed by atoms with E-state index >= 15 is 0 Å². The summed E-state index contributed by atoms with van der Waals surface area (Å²) in [6.07, 6.45) is 0. The van der Waals surface area contributed by atoms with Crippen LogP contribution in [0.2, 0.25) is 0 Å². The summed E-state index contributed by atoms with van der Waals surface area (Å²) in [7, 11) is 0. The maximum absolute atomic E-state index is 8.35. The molecule has 0 amide bonds. The van der Waals surface area contributed by atoms with Gasteiger partial charge in [0.05, 0.1) is 0 Å². The van der Waals surface area contributed by atoms with Gasteiger partial charge in [-0.1, -0.05) is 0 Å². The van der Waals surface area contributed by atoms with Crippen molar-refractivity contribution < 1.29 is 37.7 Å². The van der Waals surface area contributed by atoms with Crippen LogP contribution in [0.15, 0.2) is 0 Å². The van der Waals surface area contributed by atoms with Crippen LogP contribution in [0.4, 0.5) is 0 Å². The Hall–Kier alpha value is 0.729. The van der Waals surface area contributed by atoms with Crippen LogP contribution in [0.25, 0.3) is 0 Å². The molecule has 0 aliphatic carbocycles. The van der Waals surface area contributed by atoms with Crippen LogP contribution in [-0.4, -0.2) is 4.66 Å². The summed E-state index contributed by atoms with van der Waals surface area (Å²) in [6, 6.07) is 0. The first-order valence-electron chi connectivity index (χ1n) is 0.323. The van der Waals surface area contributed by atoms with Gasteiger partial charge in [0.2, 0.25) is 0 Å². The molecule has 0 aromatic heterocycles. The Morgan fingerprint density at radius 3 is 1.75 bits per heavy atom.